The van der Waals surface area contributed by atoms with E-state index >= 15 is 0 Å². The van der Waals surface area contributed by atoms with Gasteiger partial charge < -0.3 is 16.0 Å². The molecular weight excluding hydrogens is 266 g/mol. The zero-order valence-electron chi connectivity index (χ0n) is 12.8. The van der Waals surface area contributed by atoms with Crippen molar-refractivity contribution in [3.63, 3.8) is 0 Å². The Kier molecular flexibility index (Phi) is 4.63. The highest BCUT2D eigenvalue weighted by Crippen LogP contribution is 2.26. The summed E-state index contributed by atoms with van der Waals surface area (Å²) in [5.74, 6) is -0.0872. The Hall–Kier alpha value is -1.88. The third kappa shape index (κ3) is 3.61. The van der Waals surface area contributed by atoms with Crippen molar-refractivity contribution < 1.29 is 9.59 Å². The third-order valence-electron chi connectivity index (χ3n) is 3.99. The molecule has 1 aliphatic rings. The minimum absolute atomic E-state index is 0.00458. The molecule has 0 saturated heterocycles. The number of carbonyl (C=O) groups excluding carboxylic acids is 2. The van der Waals surface area contributed by atoms with Crippen LogP contribution in [0.3, 0.4) is 0 Å². The summed E-state index contributed by atoms with van der Waals surface area (Å²) in [4.78, 5) is 25.8. The molecule has 1 fully saturated rings. The summed E-state index contributed by atoms with van der Waals surface area (Å²) in [6, 6.07) is 5.55. The molecule has 0 heterocycles. The molecule has 5 nitrogen and oxygen atoms in total. The Bertz CT molecular complexity index is 554. The summed E-state index contributed by atoms with van der Waals surface area (Å²) < 4.78 is 0. The average Bonchev–Trinajstić information content (AvgIpc) is 2.86. The molecule has 21 heavy (non-hydrogen) atoms. The number of hydrogen-bond donors (Lipinski definition) is 2. The van der Waals surface area contributed by atoms with Gasteiger partial charge in [0.1, 0.15) is 0 Å². The molecule has 2 atom stereocenters. The maximum atomic E-state index is 12.2. The molecule has 0 spiro atoms. The fourth-order valence-corrected chi connectivity index (χ4v) is 2.67. The van der Waals surface area contributed by atoms with Gasteiger partial charge in [-0.05, 0) is 43.9 Å². The molecule has 0 bridgehead atoms. The van der Waals surface area contributed by atoms with Crippen LogP contribution in [0.4, 0.5) is 5.69 Å². The van der Waals surface area contributed by atoms with Crippen molar-refractivity contribution in [2.75, 3.05) is 19.4 Å². The molecule has 2 unspecified atom stereocenters. The number of amides is 2. The highest BCUT2D eigenvalue weighted by atomic mass is 16.2. The molecule has 0 aliphatic heterocycles. The minimum atomic E-state index is -0.0634. The number of benzene rings is 1. The maximum Gasteiger partial charge on any atom is 0.253 e. The minimum Gasteiger partial charge on any atom is -0.345 e. The summed E-state index contributed by atoms with van der Waals surface area (Å²) in [5.41, 5.74) is 8.02. The highest BCUT2D eigenvalue weighted by molar-refractivity contribution is 5.98. The van der Waals surface area contributed by atoms with Crippen molar-refractivity contribution in [2.45, 2.75) is 32.2 Å². The van der Waals surface area contributed by atoms with Crippen molar-refractivity contribution in [3.05, 3.63) is 29.3 Å². The van der Waals surface area contributed by atoms with Gasteiger partial charge in [0.15, 0.2) is 0 Å². The summed E-state index contributed by atoms with van der Waals surface area (Å²) in [6.45, 7) is 1.89. The number of rotatable bonds is 3. The van der Waals surface area contributed by atoms with Gasteiger partial charge in [-0.2, -0.15) is 0 Å². The second kappa shape index (κ2) is 6.26. The van der Waals surface area contributed by atoms with Crippen molar-refractivity contribution in [3.8, 4) is 0 Å². The summed E-state index contributed by atoms with van der Waals surface area (Å²) in [5, 5.41) is 2.90. The molecule has 0 radical (unpaired) electrons. The largest absolute Gasteiger partial charge is 0.345 e. The van der Waals surface area contributed by atoms with Crippen molar-refractivity contribution in [1.29, 1.82) is 0 Å². The highest BCUT2D eigenvalue weighted by Gasteiger charge is 2.27. The van der Waals surface area contributed by atoms with Gasteiger partial charge >= 0.3 is 0 Å². The first kappa shape index (κ1) is 15.5. The zero-order chi connectivity index (χ0) is 15.6. The first-order chi connectivity index (χ1) is 9.88. The van der Waals surface area contributed by atoms with E-state index in [1.54, 1.807) is 20.2 Å². The first-order valence-corrected chi connectivity index (χ1v) is 7.27. The van der Waals surface area contributed by atoms with Gasteiger partial charge in [-0.15, -0.1) is 0 Å². The molecular formula is C16H23N3O2. The second-order valence-corrected chi connectivity index (χ2v) is 5.99. The topological polar surface area (TPSA) is 75.4 Å². The van der Waals surface area contributed by atoms with Gasteiger partial charge in [0.2, 0.25) is 5.91 Å². The van der Waals surface area contributed by atoms with Gasteiger partial charge in [-0.25, -0.2) is 0 Å². The summed E-state index contributed by atoms with van der Waals surface area (Å²) in [7, 11) is 3.43. The Morgan fingerprint density at radius 2 is 2.00 bits per heavy atom. The number of nitrogens with one attached hydrogen (secondary N) is 1. The molecule has 114 valence electrons. The van der Waals surface area contributed by atoms with Crippen molar-refractivity contribution in [2.24, 2.45) is 11.7 Å². The molecule has 0 aromatic heterocycles. The van der Waals surface area contributed by atoms with Gasteiger partial charge in [-0.3, -0.25) is 9.59 Å². The normalized spacial score (nSPS) is 21.1. The Morgan fingerprint density at radius 1 is 1.29 bits per heavy atom. The average molecular weight is 289 g/mol. The van der Waals surface area contributed by atoms with E-state index in [9.17, 15) is 9.59 Å². The van der Waals surface area contributed by atoms with Crippen LogP contribution < -0.4 is 11.1 Å². The lowest BCUT2D eigenvalue weighted by molar-refractivity contribution is -0.119. The SMILES string of the molecule is Cc1ccc(NC(=O)C2CCC(N)C2)cc1C(=O)N(C)C. The van der Waals surface area contributed by atoms with Crippen LogP contribution in [0.1, 0.15) is 35.2 Å². The lowest BCUT2D eigenvalue weighted by atomic mass is 10.0. The van der Waals surface area contributed by atoms with Crippen molar-refractivity contribution >= 4 is 17.5 Å². The summed E-state index contributed by atoms with van der Waals surface area (Å²) >= 11 is 0. The molecule has 1 aliphatic carbocycles. The van der Waals surface area contributed by atoms with Gasteiger partial charge in [0.05, 0.1) is 0 Å². The van der Waals surface area contributed by atoms with E-state index in [0.29, 0.717) is 11.3 Å². The lowest BCUT2D eigenvalue weighted by Gasteiger charge is -2.15. The van der Waals surface area contributed by atoms with Crippen LogP contribution in [0, 0.1) is 12.8 Å². The molecule has 1 saturated carbocycles. The Labute approximate surface area is 125 Å². The molecule has 2 rings (SSSR count). The fourth-order valence-electron chi connectivity index (χ4n) is 2.67. The molecule has 2 amide bonds. The van der Waals surface area contributed by atoms with E-state index in [1.807, 2.05) is 19.1 Å². The van der Waals surface area contributed by atoms with E-state index in [0.717, 1.165) is 24.8 Å². The molecule has 1 aromatic carbocycles. The van der Waals surface area contributed by atoms with E-state index in [2.05, 4.69) is 5.32 Å². The number of anilines is 1. The van der Waals surface area contributed by atoms with E-state index in [1.165, 1.54) is 4.90 Å². The second-order valence-electron chi connectivity index (χ2n) is 5.99. The van der Waals surface area contributed by atoms with E-state index in [4.69, 9.17) is 5.73 Å². The van der Waals surface area contributed by atoms with Crippen LogP contribution in [0.5, 0.6) is 0 Å². The predicted octanol–water partition coefficient (Wildman–Crippen LogP) is 1.76. The smallest absolute Gasteiger partial charge is 0.253 e. The van der Waals surface area contributed by atoms with Crippen LogP contribution in [-0.2, 0) is 4.79 Å². The van der Waals surface area contributed by atoms with Crippen molar-refractivity contribution in [1.82, 2.24) is 4.90 Å². The summed E-state index contributed by atoms with van der Waals surface area (Å²) in [6.07, 6.45) is 2.47. The number of hydrogen-bond acceptors (Lipinski definition) is 3. The zero-order valence-corrected chi connectivity index (χ0v) is 12.8. The number of nitrogens with zero attached hydrogens (tertiary/aromatic N) is 1. The Morgan fingerprint density at radius 3 is 2.57 bits per heavy atom. The molecule has 1 aromatic rings. The van der Waals surface area contributed by atoms with E-state index in [-0.39, 0.29) is 23.8 Å². The monoisotopic (exact) mass is 289 g/mol. The van der Waals surface area contributed by atoms with Gasteiger partial charge in [0, 0.05) is 37.3 Å². The van der Waals surface area contributed by atoms with Crippen LogP contribution in [0.15, 0.2) is 18.2 Å². The fraction of sp³-hybridized carbons (Fsp3) is 0.500. The number of nitrogens with two attached hydrogens (primary N) is 1. The quantitative estimate of drug-likeness (QED) is 0.890. The van der Waals surface area contributed by atoms with Crippen LogP contribution >= 0.6 is 0 Å². The molecule has 5 heteroatoms. The van der Waals surface area contributed by atoms with Crippen LogP contribution in [0.2, 0.25) is 0 Å². The predicted molar refractivity (Wildman–Crippen MR) is 83.1 cm³/mol. The number of carbonyl (C=O) groups is 2. The van der Waals surface area contributed by atoms with Crippen LogP contribution in [0.25, 0.3) is 0 Å². The van der Waals surface area contributed by atoms with E-state index < -0.39 is 0 Å². The first-order valence-electron chi connectivity index (χ1n) is 7.27. The lowest BCUT2D eigenvalue weighted by Crippen LogP contribution is -2.24. The molecule has 3 N–H and O–H groups in total. The van der Waals surface area contributed by atoms with Gasteiger partial charge in [-0.1, -0.05) is 6.07 Å². The maximum absolute atomic E-state index is 12.2. The standard InChI is InChI=1S/C16H23N3O2/c1-10-4-7-13(9-14(10)16(21)19(2)3)18-15(20)11-5-6-12(17)8-11/h4,7,9,11-12H,5-6,8,17H2,1-3H3,(H,18,20). The Balaban J connectivity index is 2.12. The number of aryl methyl sites for hydroxylation is 1. The van der Waals surface area contributed by atoms with Crippen LogP contribution in [-0.4, -0.2) is 36.9 Å². The third-order valence-corrected chi connectivity index (χ3v) is 3.99. The van der Waals surface area contributed by atoms with Gasteiger partial charge in [0.25, 0.3) is 5.91 Å².